The second-order valence-corrected chi connectivity index (χ2v) is 5.70. The van der Waals surface area contributed by atoms with Crippen molar-refractivity contribution >= 4 is 11.0 Å². The zero-order chi connectivity index (χ0) is 15.0. The third-order valence-electron chi connectivity index (χ3n) is 4.23. The van der Waals surface area contributed by atoms with Crippen molar-refractivity contribution in [1.29, 1.82) is 0 Å². The highest BCUT2D eigenvalue weighted by Gasteiger charge is 2.38. The normalized spacial score (nSPS) is 23.5. The standard InChI is InChI=1S/C15H19N3O3/c1-15(6-3-7-21-15)12(16-2)9-4-5-10-11(8-9)18-14(20)13(19)17-10/h4-5,8,12,16H,3,6-7H2,1-2H3,(H,17,19)(H,18,20). The zero-order valence-electron chi connectivity index (χ0n) is 12.2. The summed E-state index contributed by atoms with van der Waals surface area (Å²) in [5.74, 6) is 0. The van der Waals surface area contributed by atoms with Crippen LogP contribution in [-0.4, -0.2) is 29.2 Å². The lowest BCUT2D eigenvalue weighted by molar-refractivity contribution is -0.0104. The Labute approximate surface area is 121 Å². The predicted octanol–water partition coefficient (Wildman–Crippen LogP) is 1.05. The maximum atomic E-state index is 11.5. The van der Waals surface area contributed by atoms with Crippen molar-refractivity contribution in [3.8, 4) is 0 Å². The van der Waals surface area contributed by atoms with E-state index in [1.807, 2.05) is 25.2 Å². The summed E-state index contributed by atoms with van der Waals surface area (Å²) < 4.78 is 5.91. The van der Waals surface area contributed by atoms with Crippen LogP contribution in [0.5, 0.6) is 0 Å². The SMILES string of the molecule is CNC(c1ccc2[nH]c(=O)c(=O)[nH]c2c1)C1(C)CCCO1. The smallest absolute Gasteiger partial charge is 0.314 e. The zero-order valence-corrected chi connectivity index (χ0v) is 12.2. The average molecular weight is 289 g/mol. The molecule has 0 spiro atoms. The molecular weight excluding hydrogens is 270 g/mol. The number of ether oxygens (including phenoxy) is 1. The molecule has 21 heavy (non-hydrogen) atoms. The molecule has 2 atom stereocenters. The molecule has 1 fully saturated rings. The van der Waals surface area contributed by atoms with E-state index >= 15 is 0 Å². The van der Waals surface area contributed by atoms with E-state index in [1.54, 1.807) is 0 Å². The second kappa shape index (κ2) is 5.13. The first-order chi connectivity index (χ1) is 10.0. The van der Waals surface area contributed by atoms with Crippen LogP contribution in [0.1, 0.15) is 31.4 Å². The number of hydrogen-bond acceptors (Lipinski definition) is 4. The highest BCUT2D eigenvalue weighted by molar-refractivity contribution is 5.74. The fourth-order valence-electron chi connectivity index (χ4n) is 3.16. The molecule has 1 aromatic heterocycles. The van der Waals surface area contributed by atoms with E-state index in [9.17, 15) is 9.59 Å². The van der Waals surface area contributed by atoms with Crippen molar-refractivity contribution in [3.05, 3.63) is 44.5 Å². The van der Waals surface area contributed by atoms with Crippen molar-refractivity contribution in [2.45, 2.75) is 31.4 Å². The van der Waals surface area contributed by atoms with Gasteiger partial charge in [-0.05, 0) is 44.5 Å². The maximum Gasteiger partial charge on any atom is 0.314 e. The molecule has 1 aliphatic heterocycles. The third kappa shape index (κ3) is 2.41. The van der Waals surface area contributed by atoms with Gasteiger partial charge in [0.15, 0.2) is 0 Å². The van der Waals surface area contributed by atoms with Crippen LogP contribution >= 0.6 is 0 Å². The molecular formula is C15H19N3O3. The van der Waals surface area contributed by atoms with Crippen molar-refractivity contribution in [3.63, 3.8) is 0 Å². The molecule has 112 valence electrons. The van der Waals surface area contributed by atoms with Gasteiger partial charge >= 0.3 is 11.1 Å². The maximum absolute atomic E-state index is 11.5. The molecule has 3 rings (SSSR count). The number of aromatic amines is 2. The monoisotopic (exact) mass is 289 g/mol. The first kappa shape index (κ1) is 14.0. The van der Waals surface area contributed by atoms with E-state index in [4.69, 9.17) is 4.74 Å². The molecule has 0 amide bonds. The summed E-state index contributed by atoms with van der Waals surface area (Å²) >= 11 is 0. The largest absolute Gasteiger partial charge is 0.373 e. The quantitative estimate of drug-likeness (QED) is 0.737. The van der Waals surface area contributed by atoms with Crippen LogP contribution in [0.25, 0.3) is 11.0 Å². The average Bonchev–Trinajstić information content (AvgIpc) is 2.88. The van der Waals surface area contributed by atoms with Crippen molar-refractivity contribution in [1.82, 2.24) is 15.3 Å². The Balaban J connectivity index is 2.09. The van der Waals surface area contributed by atoms with Gasteiger partial charge in [0.05, 0.1) is 22.7 Å². The fourth-order valence-corrected chi connectivity index (χ4v) is 3.16. The summed E-state index contributed by atoms with van der Waals surface area (Å²) in [6, 6.07) is 5.68. The van der Waals surface area contributed by atoms with Gasteiger partial charge in [0, 0.05) is 6.61 Å². The van der Waals surface area contributed by atoms with Crippen LogP contribution in [0.15, 0.2) is 27.8 Å². The summed E-state index contributed by atoms with van der Waals surface area (Å²) in [7, 11) is 1.90. The lowest BCUT2D eigenvalue weighted by Crippen LogP contribution is -2.39. The molecule has 2 heterocycles. The summed E-state index contributed by atoms with van der Waals surface area (Å²) in [6.45, 7) is 2.87. The molecule has 1 saturated heterocycles. The van der Waals surface area contributed by atoms with Gasteiger partial charge in [0.2, 0.25) is 0 Å². The number of fused-ring (bicyclic) bond motifs is 1. The molecule has 1 aliphatic rings. The number of rotatable bonds is 3. The van der Waals surface area contributed by atoms with Crippen LogP contribution in [0, 0.1) is 0 Å². The molecule has 0 radical (unpaired) electrons. The fraction of sp³-hybridized carbons (Fsp3) is 0.467. The summed E-state index contributed by atoms with van der Waals surface area (Å²) in [5, 5.41) is 3.30. The molecule has 0 saturated carbocycles. The number of hydrogen-bond donors (Lipinski definition) is 3. The topological polar surface area (TPSA) is 87.0 Å². The highest BCUT2D eigenvalue weighted by Crippen LogP contribution is 2.37. The molecule has 1 aromatic carbocycles. The summed E-state index contributed by atoms with van der Waals surface area (Å²) in [4.78, 5) is 28.0. The Morgan fingerprint density at radius 2 is 1.95 bits per heavy atom. The lowest BCUT2D eigenvalue weighted by Gasteiger charge is -2.33. The first-order valence-electron chi connectivity index (χ1n) is 7.11. The number of aromatic nitrogens is 2. The first-order valence-corrected chi connectivity index (χ1v) is 7.11. The Kier molecular flexibility index (Phi) is 3.43. The van der Waals surface area contributed by atoms with Crippen LogP contribution < -0.4 is 16.4 Å². The van der Waals surface area contributed by atoms with E-state index in [2.05, 4.69) is 22.2 Å². The molecule has 0 bridgehead atoms. The summed E-state index contributed by atoms with van der Waals surface area (Å²) in [5.41, 5.74) is 0.743. The van der Waals surface area contributed by atoms with E-state index in [-0.39, 0.29) is 11.6 Å². The van der Waals surface area contributed by atoms with Crippen molar-refractivity contribution in [2.75, 3.05) is 13.7 Å². The van der Waals surface area contributed by atoms with Gasteiger partial charge in [-0.3, -0.25) is 9.59 Å². The highest BCUT2D eigenvalue weighted by atomic mass is 16.5. The summed E-state index contributed by atoms with van der Waals surface area (Å²) in [6.07, 6.45) is 2.03. The Morgan fingerprint density at radius 1 is 1.24 bits per heavy atom. The number of likely N-dealkylation sites (N-methyl/N-ethyl adjacent to an activating group) is 1. The molecule has 6 nitrogen and oxygen atoms in total. The van der Waals surface area contributed by atoms with Crippen molar-refractivity contribution < 1.29 is 4.74 Å². The van der Waals surface area contributed by atoms with Crippen molar-refractivity contribution in [2.24, 2.45) is 0 Å². The van der Waals surface area contributed by atoms with Crippen LogP contribution in [-0.2, 0) is 4.74 Å². The van der Waals surface area contributed by atoms with Gasteiger partial charge in [0.1, 0.15) is 0 Å². The van der Waals surface area contributed by atoms with E-state index < -0.39 is 11.1 Å². The Morgan fingerprint density at radius 3 is 2.57 bits per heavy atom. The number of nitrogens with one attached hydrogen (secondary N) is 3. The Bertz CT molecular complexity index is 772. The van der Waals surface area contributed by atoms with Crippen LogP contribution in [0.4, 0.5) is 0 Å². The predicted molar refractivity (Wildman–Crippen MR) is 80.6 cm³/mol. The minimum Gasteiger partial charge on any atom is -0.373 e. The molecule has 2 aromatic rings. The van der Waals surface area contributed by atoms with Gasteiger partial charge in [-0.25, -0.2) is 0 Å². The van der Waals surface area contributed by atoms with Gasteiger partial charge in [-0.2, -0.15) is 0 Å². The van der Waals surface area contributed by atoms with Gasteiger partial charge in [0.25, 0.3) is 0 Å². The van der Waals surface area contributed by atoms with Gasteiger partial charge in [-0.1, -0.05) is 6.07 Å². The second-order valence-electron chi connectivity index (χ2n) is 5.70. The van der Waals surface area contributed by atoms with Gasteiger partial charge in [-0.15, -0.1) is 0 Å². The number of H-pyrrole nitrogens is 2. The van der Waals surface area contributed by atoms with Crippen LogP contribution in [0.2, 0.25) is 0 Å². The third-order valence-corrected chi connectivity index (χ3v) is 4.23. The van der Waals surface area contributed by atoms with Crippen LogP contribution in [0.3, 0.4) is 0 Å². The molecule has 6 heteroatoms. The van der Waals surface area contributed by atoms with E-state index in [0.717, 1.165) is 25.0 Å². The molecule has 3 N–H and O–H groups in total. The van der Waals surface area contributed by atoms with E-state index in [1.165, 1.54) is 0 Å². The van der Waals surface area contributed by atoms with Gasteiger partial charge < -0.3 is 20.0 Å². The Hall–Kier alpha value is -1.92. The number of benzene rings is 1. The lowest BCUT2D eigenvalue weighted by atomic mass is 9.87. The molecule has 0 aliphatic carbocycles. The molecule has 2 unspecified atom stereocenters. The minimum absolute atomic E-state index is 0.0276. The van der Waals surface area contributed by atoms with E-state index in [0.29, 0.717) is 11.0 Å². The minimum atomic E-state index is -0.635.